The Morgan fingerprint density at radius 2 is 0.958 bits per heavy atom. The fourth-order valence-electron chi connectivity index (χ4n) is 5.88. The molecule has 4 aromatic rings. The Morgan fingerprint density at radius 1 is 0.583 bits per heavy atom. The molecule has 2 aromatic carbocycles. The van der Waals surface area contributed by atoms with E-state index in [4.69, 9.17) is 25.2 Å². The molecule has 2 aliphatic heterocycles. The summed E-state index contributed by atoms with van der Waals surface area (Å²) >= 11 is 0. The molecule has 0 bridgehead atoms. The Hall–Kier alpha value is -4.68. The number of methoxy groups -OCH3 is 2. The van der Waals surface area contributed by atoms with Crippen LogP contribution >= 0.6 is 0 Å². The van der Waals surface area contributed by atoms with Gasteiger partial charge in [0.15, 0.2) is 0 Å². The molecule has 2 N–H and O–H groups in total. The van der Waals surface area contributed by atoms with Crippen LogP contribution in [0, 0.1) is 0 Å². The van der Waals surface area contributed by atoms with E-state index in [0.29, 0.717) is 19.0 Å². The van der Waals surface area contributed by atoms with Crippen molar-refractivity contribution in [3.63, 3.8) is 0 Å². The number of benzene rings is 2. The molecule has 4 heterocycles. The summed E-state index contributed by atoms with van der Waals surface area (Å²) in [6.07, 6.45) is 7.51. The Bertz CT molecular complexity index is 1440. The minimum Gasteiger partial charge on any atom is -0.497 e. The van der Waals surface area contributed by atoms with Crippen LogP contribution in [0.1, 0.15) is 25.0 Å². The largest absolute Gasteiger partial charge is 0.497 e. The molecule has 0 atom stereocenters. The third-order valence-corrected chi connectivity index (χ3v) is 9.00. The average molecular weight is 655 g/mol. The minimum absolute atomic E-state index is 0.339. The molecule has 2 fully saturated rings. The summed E-state index contributed by atoms with van der Waals surface area (Å²) in [5.74, 6) is 2.76. The van der Waals surface area contributed by atoms with E-state index >= 15 is 0 Å². The monoisotopic (exact) mass is 654 g/mol. The van der Waals surface area contributed by atoms with Crippen LogP contribution in [-0.4, -0.2) is 109 Å². The molecule has 2 aliphatic rings. The molecule has 0 saturated carbocycles. The van der Waals surface area contributed by atoms with Crippen LogP contribution < -0.4 is 29.9 Å². The molecular formula is C36H50N10O2. The summed E-state index contributed by atoms with van der Waals surface area (Å²) in [6, 6.07) is 16.3. The van der Waals surface area contributed by atoms with E-state index in [1.807, 2.05) is 36.7 Å². The van der Waals surface area contributed by atoms with Gasteiger partial charge in [0, 0.05) is 65.4 Å². The lowest BCUT2D eigenvalue weighted by atomic mass is 10.1. The second-order valence-corrected chi connectivity index (χ2v) is 11.9. The van der Waals surface area contributed by atoms with Crippen molar-refractivity contribution in [1.29, 1.82) is 0 Å². The van der Waals surface area contributed by atoms with Gasteiger partial charge in [0.1, 0.15) is 11.5 Å². The number of nitrogens with two attached hydrogens (primary N) is 1. The van der Waals surface area contributed by atoms with Crippen molar-refractivity contribution in [2.45, 2.75) is 26.9 Å². The maximum Gasteiger partial charge on any atom is 0.225 e. The molecule has 0 amide bonds. The Morgan fingerprint density at radius 3 is 1.31 bits per heavy atom. The quantitative estimate of drug-likeness (QED) is 0.252. The molecular weight excluding hydrogens is 604 g/mol. The van der Waals surface area contributed by atoms with E-state index in [9.17, 15) is 0 Å². The van der Waals surface area contributed by atoms with E-state index in [1.54, 1.807) is 26.6 Å². The lowest BCUT2D eigenvalue weighted by Gasteiger charge is -2.35. The number of hydrogen-bond donors (Lipinski definition) is 1. The van der Waals surface area contributed by atoms with Crippen molar-refractivity contribution in [2.75, 3.05) is 100 Å². The predicted molar refractivity (Wildman–Crippen MR) is 193 cm³/mol. The van der Waals surface area contributed by atoms with E-state index in [-0.39, 0.29) is 0 Å². The van der Waals surface area contributed by atoms with Crippen LogP contribution in [0.3, 0.4) is 0 Å². The fourth-order valence-corrected chi connectivity index (χ4v) is 5.88. The minimum atomic E-state index is 0.339. The van der Waals surface area contributed by atoms with Gasteiger partial charge in [-0.05, 0) is 48.5 Å². The average Bonchev–Trinajstić information content (AvgIpc) is 3.16. The van der Waals surface area contributed by atoms with Gasteiger partial charge in [-0.3, -0.25) is 0 Å². The molecule has 12 nitrogen and oxygen atoms in total. The maximum absolute atomic E-state index is 5.45. The number of ether oxygens (including phenoxy) is 2. The standard InChI is InChI=1S/C26H33N5O2.C10H17N5/c1-4-29-13-15-30(16-14-29)23-17-27-26(28-18-23)31(19-21-5-9-24(32-2)10-6-21)20-22-7-11-25(33-3)12-8-22;1-2-14-3-5-15(6-4-14)9-7-12-10(11)13-8-9/h5-12,17-18H,4,13-16,19-20H2,1-3H3;7-8H,2-6H2,1H3,(H2,11,12,13). The van der Waals surface area contributed by atoms with Crippen molar-refractivity contribution in [3.8, 4) is 11.5 Å². The zero-order valence-corrected chi connectivity index (χ0v) is 28.8. The maximum atomic E-state index is 5.45. The summed E-state index contributed by atoms with van der Waals surface area (Å²) in [5, 5.41) is 0. The SMILES string of the molecule is CCN1CCN(c2cnc(N(Cc3ccc(OC)cc3)Cc3ccc(OC)cc3)nc2)CC1.CCN1CCN(c2cnc(N)nc2)CC1. The van der Waals surface area contributed by atoms with Crippen molar-refractivity contribution in [3.05, 3.63) is 84.4 Å². The number of nitrogens with zero attached hydrogens (tertiary/aromatic N) is 9. The second kappa shape index (κ2) is 17.5. The van der Waals surface area contributed by atoms with Gasteiger partial charge in [0.2, 0.25) is 11.9 Å². The van der Waals surface area contributed by atoms with Crippen LogP contribution in [0.25, 0.3) is 0 Å². The van der Waals surface area contributed by atoms with Crippen LogP contribution in [0.15, 0.2) is 73.3 Å². The summed E-state index contributed by atoms with van der Waals surface area (Å²) in [7, 11) is 3.37. The van der Waals surface area contributed by atoms with Gasteiger partial charge in [-0.25, -0.2) is 19.9 Å². The van der Waals surface area contributed by atoms with Gasteiger partial charge in [-0.15, -0.1) is 0 Å². The molecule has 48 heavy (non-hydrogen) atoms. The fraction of sp³-hybridized carbons (Fsp3) is 0.444. The number of hydrogen-bond acceptors (Lipinski definition) is 12. The van der Waals surface area contributed by atoms with Crippen molar-refractivity contribution < 1.29 is 9.47 Å². The molecule has 2 saturated heterocycles. The smallest absolute Gasteiger partial charge is 0.225 e. The highest BCUT2D eigenvalue weighted by atomic mass is 16.5. The zero-order chi connectivity index (χ0) is 33.7. The molecule has 0 radical (unpaired) electrons. The van der Waals surface area contributed by atoms with Gasteiger partial charge < -0.3 is 39.7 Å². The van der Waals surface area contributed by atoms with Crippen molar-refractivity contribution >= 4 is 23.3 Å². The third kappa shape index (κ3) is 9.68. The Kier molecular flexibility index (Phi) is 12.6. The van der Waals surface area contributed by atoms with E-state index in [2.05, 4.69) is 72.6 Å². The first-order valence-electron chi connectivity index (χ1n) is 16.8. The van der Waals surface area contributed by atoms with Gasteiger partial charge in [0.25, 0.3) is 0 Å². The zero-order valence-electron chi connectivity index (χ0n) is 28.8. The van der Waals surface area contributed by atoms with Crippen LogP contribution in [0.4, 0.5) is 23.3 Å². The highest BCUT2D eigenvalue weighted by Gasteiger charge is 2.18. The number of piperazine rings is 2. The highest BCUT2D eigenvalue weighted by Crippen LogP contribution is 2.22. The number of nitrogen functional groups attached to an aromatic ring is 1. The number of anilines is 4. The van der Waals surface area contributed by atoms with Gasteiger partial charge in [-0.2, -0.15) is 0 Å². The number of likely N-dealkylation sites (N-methyl/N-ethyl adjacent to an activating group) is 2. The summed E-state index contributed by atoms with van der Waals surface area (Å²) in [6.45, 7) is 16.5. The molecule has 2 aromatic heterocycles. The predicted octanol–water partition coefficient (Wildman–Crippen LogP) is 4.04. The summed E-state index contributed by atoms with van der Waals surface area (Å²) < 4.78 is 10.6. The second-order valence-electron chi connectivity index (χ2n) is 11.9. The van der Waals surface area contributed by atoms with Crippen molar-refractivity contribution in [2.24, 2.45) is 0 Å². The molecule has 6 rings (SSSR count). The molecule has 0 spiro atoms. The first-order valence-corrected chi connectivity index (χ1v) is 16.8. The lowest BCUT2D eigenvalue weighted by Crippen LogP contribution is -2.46. The van der Waals surface area contributed by atoms with E-state index < -0.39 is 0 Å². The van der Waals surface area contributed by atoms with Crippen LogP contribution in [0.5, 0.6) is 11.5 Å². The van der Waals surface area contributed by atoms with E-state index in [1.165, 1.54) is 11.1 Å². The lowest BCUT2D eigenvalue weighted by molar-refractivity contribution is 0.271. The summed E-state index contributed by atoms with van der Waals surface area (Å²) in [4.78, 5) is 29.3. The van der Waals surface area contributed by atoms with Crippen LogP contribution in [0.2, 0.25) is 0 Å². The Balaban J connectivity index is 0.000000250. The first-order chi connectivity index (χ1) is 23.5. The number of rotatable bonds is 11. The highest BCUT2D eigenvalue weighted by molar-refractivity contribution is 5.47. The molecule has 256 valence electrons. The molecule has 12 heteroatoms. The molecule has 0 unspecified atom stereocenters. The normalized spacial score (nSPS) is 15.4. The van der Waals surface area contributed by atoms with Gasteiger partial charge in [-0.1, -0.05) is 38.1 Å². The molecule has 0 aliphatic carbocycles. The Labute approximate surface area is 285 Å². The van der Waals surface area contributed by atoms with Crippen LogP contribution in [-0.2, 0) is 13.1 Å². The first kappa shape index (κ1) is 34.6. The van der Waals surface area contributed by atoms with Gasteiger partial charge >= 0.3 is 0 Å². The third-order valence-electron chi connectivity index (χ3n) is 9.00. The van der Waals surface area contributed by atoms with Crippen molar-refractivity contribution in [1.82, 2.24) is 29.7 Å². The van der Waals surface area contributed by atoms with E-state index in [0.717, 1.165) is 94.3 Å². The number of aromatic nitrogens is 4. The topological polar surface area (TPSA) is 112 Å². The van der Waals surface area contributed by atoms with Gasteiger partial charge in [0.05, 0.1) is 50.4 Å². The summed E-state index contributed by atoms with van der Waals surface area (Å²) in [5.41, 5.74) is 9.95.